The van der Waals surface area contributed by atoms with Gasteiger partial charge in [0.1, 0.15) is 16.5 Å². The molecule has 0 spiro atoms. The second-order valence-corrected chi connectivity index (χ2v) is 5.34. The third-order valence-electron chi connectivity index (χ3n) is 3.07. The number of ether oxygens (including phenoxy) is 1. The van der Waals surface area contributed by atoms with Gasteiger partial charge in [0.2, 0.25) is 0 Å². The van der Waals surface area contributed by atoms with Gasteiger partial charge in [0.25, 0.3) is 5.91 Å². The number of nitrogens with one attached hydrogen (secondary N) is 1. The van der Waals surface area contributed by atoms with Gasteiger partial charge < -0.3 is 10.1 Å². The first-order valence-electron chi connectivity index (χ1n) is 6.67. The number of nitrogens with zero attached hydrogens (tertiary/aromatic N) is 2. The Hall–Kier alpha value is -2.36. The molecule has 0 radical (unpaired) electrons. The highest BCUT2D eigenvalue weighted by atomic mass is 35.5. The molecule has 11 heteroatoms. The molecular formula is C14H11ClF5N3O2. The summed E-state index contributed by atoms with van der Waals surface area (Å²) in [6.07, 6.45) is -4.85. The number of aryl methyl sites for hydroxylation is 2. The van der Waals surface area contributed by atoms with Crippen LogP contribution in [0.15, 0.2) is 18.2 Å². The van der Waals surface area contributed by atoms with Crippen molar-refractivity contribution < 1.29 is 31.5 Å². The van der Waals surface area contributed by atoms with Crippen LogP contribution in [0.1, 0.15) is 21.7 Å². The van der Waals surface area contributed by atoms with Crippen LogP contribution >= 0.6 is 11.6 Å². The topological polar surface area (TPSA) is 56.2 Å². The van der Waals surface area contributed by atoms with Crippen molar-refractivity contribution in [3.8, 4) is 5.75 Å². The Bertz CT molecular complexity index is 804. The maximum Gasteiger partial charge on any atom is 0.436 e. The van der Waals surface area contributed by atoms with Gasteiger partial charge in [-0.15, -0.1) is 0 Å². The largest absolute Gasteiger partial charge is 0.436 e. The number of aromatic nitrogens is 2. The Kier molecular flexibility index (Phi) is 5.21. The number of carbonyl (C=O) groups is 1. The van der Waals surface area contributed by atoms with Crippen LogP contribution in [0, 0.1) is 6.92 Å². The third-order valence-corrected chi connectivity index (χ3v) is 3.43. The maximum absolute atomic E-state index is 12.8. The minimum atomic E-state index is -4.85. The highest BCUT2D eigenvalue weighted by Gasteiger charge is 2.39. The number of alkyl halides is 5. The fourth-order valence-electron chi connectivity index (χ4n) is 2.03. The highest BCUT2D eigenvalue weighted by molar-refractivity contribution is 6.34. The molecular weight excluding hydrogens is 373 g/mol. The van der Waals surface area contributed by atoms with E-state index in [1.54, 1.807) is 6.92 Å². The van der Waals surface area contributed by atoms with Crippen molar-refractivity contribution in [1.29, 1.82) is 0 Å². The van der Waals surface area contributed by atoms with Crippen LogP contribution in [0.2, 0.25) is 5.02 Å². The Labute approximate surface area is 143 Å². The van der Waals surface area contributed by atoms with E-state index in [-0.39, 0.29) is 11.4 Å². The smallest absolute Gasteiger partial charge is 0.433 e. The number of hydrogen-bond donors (Lipinski definition) is 1. The minimum absolute atomic E-state index is 0.151. The van der Waals surface area contributed by atoms with Gasteiger partial charge in [0.05, 0.1) is 5.69 Å². The van der Waals surface area contributed by atoms with Crippen LogP contribution in [0.5, 0.6) is 5.75 Å². The molecule has 2 aromatic rings. The van der Waals surface area contributed by atoms with Gasteiger partial charge in [0.15, 0.2) is 5.69 Å². The van der Waals surface area contributed by atoms with Gasteiger partial charge in [-0.3, -0.25) is 9.48 Å². The van der Waals surface area contributed by atoms with Gasteiger partial charge in [-0.2, -0.15) is 27.1 Å². The van der Waals surface area contributed by atoms with Crippen LogP contribution in [-0.4, -0.2) is 22.3 Å². The monoisotopic (exact) mass is 383 g/mol. The van der Waals surface area contributed by atoms with Crippen molar-refractivity contribution in [2.24, 2.45) is 7.05 Å². The van der Waals surface area contributed by atoms with Gasteiger partial charge in [-0.25, -0.2) is 0 Å². The van der Waals surface area contributed by atoms with Crippen molar-refractivity contribution in [2.45, 2.75) is 19.7 Å². The van der Waals surface area contributed by atoms with Gasteiger partial charge in [-0.05, 0) is 24.6 Å². The van der Waals surface area contributed by atoms with E-state index < -0.39 is 35.1 Å². The Morgan fingerprint density at radius 3 is 2.52 bits per heavy atom. The summed E-state index contributed by atoms with van der Waals surface area (Å²) in [5.74, 6) is -1.39. The van der Waals surface area contributed by atoms with Crippen molar-refractivity contribution in [2.75, 3.05) is 5.32 Å². The quantitative estimate of drug-likeness (QED) is 0.803. The minimum Gasteiger partial charge on any atom is -0.433 e. The summed E-state index contributed by atoms with van der Waals surface area (Å²) in [6.45, 7) is -1.54. The first-order valence-corrected chi connectivity index (χ1v) is 7.05. The zero-order chi connectivity index (χ0) is 18.9. The number of hydrogen-bond acceptors (Lipinski definition) is 3. The number of halogens is 6. The van der Waals surface area contributed by atoms with Gasteiger partial charge in [-0.1, -0.05) is 17.7 Å². The predicted molar refractivity (Wildman–Crippen MR) is 79.0 cm³/mol. The molecule has 1 amide bonds. The molecule has 0 bridgehead atoms. The molecule has 136 valence electrons. The molecule has 0 saturated heterocycles. The molecule has 1 heterocycles. The van der Waals surface area contributed by atoms with E-state index in [4.69, 9.17) is 11.6 Å². The van der Waals surface area contributed by atoms with E-state index in [0.29, 0.717) is 10.2 Å². The summed E-state index contributed by atoms with van der Waals surface area (Å²) in [7, 11) is 1.10. The molecule has 0 saturated carbocycles. The molecule has 0 fully saturated rings. The molecule has 25 heavy (non-hydrogen) atoms. The second kappa shape index (κ2) is 6.87. The molecule has 1 N–H and O–H groups in total. The molecule has 0 aliphatic carbocycles. The normalized spacial score (nSPS) is 11.7. The van der Waals surface area contributed by atoms with E-state index >= 15 is 0 Å². The van der Waals surface area contributed by atoms with E-state index in [1.807, 2.05) is 0 Å². The van der Waals surface area contributed by atoms with Gasteiger partial charge in [0, 0.05) is 7.05 Å². The highest BCUT2D eigenvalue weighted by Crippen LogP contribution is 2.36. The van der Waals surface area contributed by atoms with E-state index in [0.717, 1.165) is 7.05 Å². The summed E-state index contributed by atoms with van der Waals surface area (Å²) in [5.41, 5.74) is -1.57. The average Bonchev–Trinajstić information content (AvgIpc) is 2.76. The molecule has 1 aromatic carbocycles. The standard InChI is InChI=1S/C14H11ClF5N3O2/c1-6-3-4-7(8(5-6)25-13(16)17)21-12(24)10-9(15)11(14(18,19)20)22-23(10)2/h3-5,13H,1-2H3,(H,21,24). The molecule has 1 aromatic heterocycles. The zero-order valence-electron chi connectivity index (χ0n) is 12.8. The summed E-state index contributed by atoms with van der Waals surface area (Å²) in [4.78, 5) is 12.3. The average molecular weight is 384 g/mol. The van der Waals surface area contributed by atoms with Gasteiger partial charge >= 0.3 is 12.8 Å². The number of amides is 1. The number of carbonyl (C=O) groups excluding carboxylic acids is 1. The number of rotatable bonds is 4. The Morgan fingerprint density at radius 1 is 1.36 bits per heavy atom. The summed E-state index contributed by atoms with van der Waals surface area (Å²) in [6, 6.07) is 4.02. The van der Waals surface area contributed by atoms with Crippen LogP contribution in [-0.2, 0) is 13.2 Å². The Morgan fingerprint density at radius 2 is 2.00 bits per heavy atom. The molecule has 0 aliphatic rings. The van der Waals surface area contributed by atoms with E-state index in [2.05, 4.69) is 15.2 Å². The second-order valence-electron chi connectivity index (χ2n) is 4.96. The fraction of sp³-hybridized carbons (Fsp3) is 0.286. The lowest BCUT2D eigenvalue weighted by atomic mass is 10.2. The van der Waals surface area contributed by atoms with Crippen molar-refractivity contribution in [3.63, 3.8) is 0 Å². The lowest BCUT2D eigenvalue weighted by Crippen LogP contribution is -2.17. The first-order chi connectivity index (χ1) is 11.5. The SMILES string of the molecule is Cc1ccc(NC(=O)c2c(Cl)c(C(F)(F)F)nn2C)c(OC(F)F)c1. The maximum atomic E-state index is 12.8. The van der Waals surface area contributed by atoms with E-state index in [1.165, 1.54) is 18.2 Å². The number of benzene rings is 1. The lowest BCUT2D eigenvalue weighted by molar-refractivity contribution is -0.141. The molecule has 0 atom stereocenters. The van der Waals surface area contributed by atoms with Crippen molar-refractivity contribution in [1.82, 2.24) is 9.78 Å². The summed E-state index contributed by atoms with van der Waals surface area (Å²) in [5, 5.41) is 4.48. The molecule has 2 rings (SSSR count). The van der Waals surface area contributed by atoms with Crippen molar-refractivity contribution >= 4 is 23.2 Å². The van der Waals surface area contributed by atoms with Crippen LogP contribution in [0.3, 0.4) is 0 Å². The molecule has 0 aliphatic heterocycles. The molecule has 0 unspecified atom stereocenters. The lowest BCUT2D eigenvalue weighted by Gasteiger charge is -2.13. The summed E-state index contributed by atoms with van der Waals surface area (Å²) >= 11 is 5.61. The molecule has 5 nitrogen and oxygen atoms in total. The van der Waals surface area contributed by atoms with Crippen LogP contribution in [0.4, 0.5) is 27.6 Å². The van der Waals surface area contributed by atoms with Crippen molar-refractivity contribution in [3.05, 3.63) is 40.2 Å². The predicted octanol–water partition coefficient (Wildman–Crippen LogP) is 4.25. The van der Waals surface area contributed by atoms with E-state index in [9.17, 15) is 26.7 Å². The third kappa shape index (κ3) is 4.19. The van der Waals surface area contributed by atoms with Crippen LogP contribution in [0.25, 0.3) is 0 Å². The summed E-state index contributed by atoms with van der Waals surface area (Å²) < 4.78 is 68.2. The van der Waals surface area contributed by atoms with Crippen LogP contribution < -0.4 is 10.1 Å². The first kappa shape index (κ1) is 19.0. The fourth-order valence-corrected chi connectivity index (χ4v) is 2.39. The Balaban J connectivity index is 2.37. The number of anilines is 1. The zero-order valence-corrected chi connectivity index (χ0v) is 13.5.